The second-order valence-electron chi connectivity index (χ2n) is 4.00. The van der Waals surface area contributed by atoms with E-state index in [1.54, 1.807) is 0 Å². The summed E-state index contributed by atoms with van der Waals surface area (Å²) < 4.78 is 0. The van der Waals surface area contributed by atoms with E-state index in [4.69, 9.17) is 5.84 Å². The topological polar surface area (TPSA) is 75.4 Å². The fourth-order valence-electron chi connectivity index (χ4n) is 2.04. The lowest BCUT2D eigenvalue weighted by atomic mass is 10.0. The Morgan fingerprint density at radius 2 is 1.88 bits per heavy atom. The van der Waals surface area contributed by atoms with Crippen LogP contribution in [0.3, 0.4) is 0 Å². The van der Waals surface area contributed by atoms with Crippen molar-refractivity contribution in [3.05, 3.63) is 23.4 Å². The number of nitrogens with one attached hydrogen (secondary N) is 1. The molecule has 3 N–H and O–H groups in total. The first-order valence-corrected chi connectivity index (χ1v) is 5.41. The van der Waals surface area contributed by atoms with E-state index >= 15 is 0 Å². The van der Waals surface area contributed by atoms with Gasteiger partial charge in [0.2, 0.25) is 5.78 Å². The summed E-state index contributed by atoms with van der Waals surface area (Å²) in [6.07, 6.45) is 4.98. The molecule has 16 heavy (non-hydrogen) atoms. The summed E-state index contributed by atoms with van der Waals surface area (Å²) in [5, 5.41) is 0. The zero-order valence-corrected chi connectivity index (χ0v) is 9.03. The number of hydrazine groups is 1. The highest BCUT2D eigenvalue weighted by Crippen LogP contribution is 2.20. The molecular weight excluding hydrogens is 206 g/mol. The SMILES string of the molecule is NNCC1=CC(=O)C(N2CCCC2)=CC1=O. The van der Waals surface area contributed by atoms with E-state index in [1.165, 1.54) is 12.2 Å². The summed E-state index contributed by atoms with van der Waals surface area (Å²) in [5.41, 5.74) is 3.35. The maximum absolute atomic E-state index is 11.8. The Bertz CT molecular complexity index is 379. The number of allylic oxidation sites excluding steroid dienone is 2. The lowest BCUT2D eigenvalue weighted by Gasteiger charge is -2.21. The molecule has 0 spiro atoms. The van der Waals surface area contributed by atoms with Crippen molar-refractivity contribution in [2.45, 2.75) is 12.8 Å². The predicted molar refractivity (Wildman–Crippen MR) is 59.2 cm³/mol. The predicted octanol–water partition coefficient (Wildman–Crippen LogP) is -0.492. The fourth-order valence-corrected chi connectivity index (χ4v) is 2.04. The first-order chi connectivity index (χ1) is 7.72. The van der Waals surface area contributed by atoms with Crippen LogP contribution in [0.2, 0.25) is 0 Å². The van der Waals surface area contributed by atoms with Gasteiger partial charge in [0.05, 0.1) is 5.70 Å². The summed E-state index contributed by atoms with van der Waals surface area (Å²) in [6.45, 7) is 1.96. The fraction of sp³-hybridized carbons (Fsp3) is 0.455. The number of hydrogen-bond donors (Lipinski definition) is 2. The Kier molecular flexibility index (Phi) is 3.17. The van der Waals surface area contributed by atoms with Gasteiger partial charge in [0.15, 0.2) is 5.78 Å². The molecular formula is C11H15N3O2. The number of rotatable bonds is 3. The van der Waals surface area contributed by atoms with Crippen molar-refractivity contribution in [1.82, 2.24) is 10.3 Å². The van der Waals surface area contributed by atoms with Crippen molar-refractivity contribution in [2.24, 2.45) is 5.84 Å². The minimum Gasteiger partial charge on any atom is -0.368 e. The molecule has 0 radical (unpaired) electrons. The van der Waals surface area contributed by atoms with Crippen LogP contribution >= 0.6 is 0 Å². The monoisotopic (exact) mass is 221 g/mol. The van der Waals surface area contributed by atoms with Gasteiger partial charge < -0.3 is 4.90 Å². The molecule has 1 fully saturated rings. The van der Waals surface area contributed by atoms with Gasteiger partial charge in [0, 0.05) is 31.3 Å². The van der Waals surface area contributed by atoms with E-state index in [0.717, 1.165) is 25.9 Å². The van der Waals surface area contributed by atoms with Crippen molar-refractivity contribution in [1.29, 1.82) is 0 Å². The molecule has 0 aromatic heterocycles. The van der Waals surface area contributed by atoms with Crippen LogP contribution in [-0.4, -0.2) is 36.1 Å². The zero-order chi connectivity index (χ0) is 11.5. The van der Waals surface area contributed by atoms with E-state index < -0.39 is 0 Å². The van der Waals surface area contributed by atoms with Crippen molar-refractivity contribution in [3.8, 4) is 0 Å². The number of hydrogen-bond acceptors (Lipinski definition) is 5. The molecule has 0 amide bonds. The second-order valence-corrected chi connectivity index (χ2v) is 4.00. The first kappa shape index (κ1) is 11.0. The summed E-state index contributed by atoms with van der Waals surface area (Å²) >= 11 is 0. The van der Waals surface area contributed by atoms with Gasteiger partial charge >= 0.3 is 0 Å². The van der Waals surface area contributed by atoms with Gasteiger partial charge in [0.1, 0.15) is 0 Å². The average molecular weight is 221 g/mol. The highest BCUT2D eigenvalue weighted by molar-refractivity contribution is 6.19. The van der Waals surface area contributed by atoms with Crippen LogP contribution in [0.15, 0.2) is 23.4 Å². The molecule has 86 valence electrons. The standard InChI is InChI=1S/C11H15N3O2/c12-13-7-8-5-11(16)9(6-10(8)15)14-3-1-2-4-14/h5-6,13H,1-4,7,12H2. The minimum absolute atomic E-state index is 0.0910. The van der Waals surface area contributed by atoms with Gasteiger partial charge in [-0.2, -0.15) is 0 Å². The van der Waals surface area contributed by atoms with Gasteiger partial charge in [-0.25, -0.2) is 0 Å². The Morgan fingerprint density at radius 1 is 1.19 bits per heavy atom. The van der Waals surface area contributed by atoms with E-state index in [1.807, 2.05) is 4.90 Å². The van der Waals surface area contributed by atoms with Crippen LogP contribution in [0.5, 0.6) is 0 Å². The molecule has 0 unspecified atom stereocenters. The molecule has 2 aliphatic rings. The quantitative estimate of drug-likeness (QED) is 0.382. The Hall–Kier alpha value is -1.46. The molecule has 0 bridgehead atoms. The number of ketones is 2. The van der Waals surface area contributed by atoms with Crippen LogP contribution in [-0.2, 0) is 9.59 Å². The minimum atomic E-state index is -0.126. The summed E-state index contributed by atoms with van der Waals surface area (Å²) in [5.74, 6) is 4.92. The molecule has 0 saturated carbocycles. The molecule has 0 aromatic carbocycles. The summed E-state index contributed by atoms with van der Waals surface area (Å²) in [7, 11) is 0. The lowest BCUT2D eigenvalue weighted by Crippen LogP contribution is -2.32. The molecule has 0 atom stereocenters. The van der Waals surface area contributed by atoms with Crippen LogP contribution in [0, 0.1) is 0 Å². The van der Waals surface area contributed by atoms with Gasteiger partial charge in [-0.05, 0) is 18.9 Å². The molecule has 5 heteroatoms. The van der Waals surface area contributed by atoms with Crippen LogP contribution in [0.4, 0.5) is 0 Å². The number of nitrogens with zero attached hydrogens (tertiary/aromatic N) is 1. The third-order valence-corrected chi connectivity index (χ3v) is 2.88. The Labute approximate surface area is 93.9 Å². The lowest BCUT2D eigenvalue weighted by molar-refractivity contribution is -0.116. The number of likely N-dealkylation sites (tertiary alicyclic amines) is 1. The highest BCUT2D eigenvalue weighted by Gasteiger charge is 2.25. The molecule has 1 heterocycles. The number of carbonyl (C=O) groups excluding carboxylic acids is 2. The van der Waals surface area contributed by atoms with Gasteiger partial charge in [-0.1, -0.05) is 0 Å². The molecule has 1 aliphatic carbocycles. The van der Waals surface area contributed by atoms with Crippen molar-refractivity contribution in [3.63, 3.8) is 0 Å². The van der Waals surface area contributed by atoms with Crippen LogP contribution in [0.25, 0.3) is 0 Å². The van der Waals surface area contributed by atoms with Gasteiger partial charge in [-0.3, -0.25) is 20.9 Å². The summed E-state index contributed by atoms with van der Waals surface area (Å²) in [6, 6.07) is 0. The maximum atomic E-state index is 11.8. The first-order valence-electron chi connectivity index (χ1n) is 5.41. The van der Waals surface area contributed by atoms with Crippen LogP contribution < -0.4 is 11.3 Å². The van der Waals surface area contributed by atoms with Crippen molar-refractivity contribution >= 4 is 11.6 Å². The molecule has 1 saturated heterocycles. The summed E-state index contributed by atoms with van der Waals surface area (Å²) in [4.78, 5) is 25.5. The second kappa shape index (κ2) is 4.59. The van der Waals surface area contributed by atoms with E-state index in [0.29, 0.717) is 11.3 Å². The Morgan fingerprint density at radius 3 is 2.50 bits per heavy atom. The van der Waals surface area contributed by atoms with Crippen LogP contribution in [0.1, 0.15) is 12.8 Å². The number of carbonyl (C=O) groups is 2. The molecule has 5 nitrogen and oxygen atoms in total. The van der Waals surface area contributed by atoms with Crippen molar-refractivity contribution in [2.75, 3.05) is 19.6 Å². The maximum Gasteiger partial charge on any atom is 0.202 e. The average Bonchev–Trinajstić information content (AvgIpc) is 2.76. The molecule has 1 aliphatic heterocycles. The third-order valence-electron chi connectivity index (χ3n) is 2.88. The molecule has 2 rings (SSSR count). The zero-order valence-electron chi connectivity index (χ0n) is 9.03. The smallest absolute Gasteiger partial charge is 0.202 e. The van der Waals surface area contributed by atoms with Gasteiger partial charge in [0.25, 0.3) is 0 Å². The van der Waals surface area contributed by atoms with E-state index in [2.05, 4.69) is 5.43 Å². The largest absolute Gasteiger partial charge is 0.368 e. The van der Waals surface area contributed by atoms with E-state index in [-0.39, 0.29) is 18.1 Å². The normalized spacial score (nSPS) is 21.2. The third kappa shape index (κ3) is 2.05. The Balaban J connectivity index is 2.15. The molecule has 0 aromatic rings. The highest BCUT2D eigenvalue weighted by atomic mass is 16.1. The number of nitrogens with two attached hydrogens (primary N) is 1. The van der Waals surface area contributed by atoms with E-state index in [9.17, 15) is 9.59 Å². The van der Waals surface area contributed by atoms with Crippen molar-refractivity contribution < 1.29 is 9.59 Å². The van der Waals surface area contributed by atoms with Gasteiger partial charge in [-0.15, -0.1) is 0 Å².